The highest BCUT2D eigenvalue weighted by Crippen LogP contribution is 2.33. The van der Waals surface area contributed by atoms with Gasteiger partial charge in [0.2, 0.25) is 5.95 Å². The molecular formula is C22H30N8OS. The number of aromatic amines is 1. The molecule has 2 fully saturated rings. The van der Waals surface area contributed by atoms with Gasteiger partial charge in [-0.3, -0.25) is 9.89 Å². The van der Waals surface area contributed by atoms with Crippen LogP contribution >= 0.6 is 11.3 Å². The predicted molar refractivity (Wildman–Crippen MR) is 128 cm³/mol. The maximum atomic E-state index is 12.5. The van der Waals surface area contributed by atoms with E-state index in [2.05, 4.69) is 31.5 Å². The molecule has 0 radical (unpaired) electrons. The third kappa shape index (κ3) is 4.62. The number of ketones is 1. The number of aromatic nitrogens is 4. The molecule has 2 bridgehead atoms. The van der Waals surface area contributed by atoms with E-state index in [-0.39, 0.29) is 12.0 Å². The van der Waals surface area contributed by atoms with Gasteiger partial charge in [-0.15, -0.1) is 11.3 Å². The van der Waals surface area contributed by atoms with Gasteiger partial charge in [0.05, 0.1) is 11.9 Å². The van der Waals surface area contributed by atoms with Crippen LogP contribution in [0.2, 0.25) is 0 Å². The van der Waals surface area contributed by atoms with Gasteiger partial charge in [0, 0.05) is 35.8 Å². The van der Waals surface area contributed by atoms with Crippen LogP contribution in [0.25, 0.3) is 10.2 Å². The summed E-state index contributed by atoms with van der Waals surface area (Å²) in [5, 5.41) is 24.0. The van der Waals surface area contributed by atoms with Crippen molar-refractivity contribution in [1.82, 2.24) is 30.8 Å². The molecule has 2 aliphatic heterocycles. The third-order valence-corrected chi connectivity index (χ3v) is 7.17. The number of carbonyl (C=O) groups excluding carboxylic acids is 1. The summed E-state index contributed by atoms with van der Waals surface area (Å²) in [6.07, 6.45) is 3.76. The van der Waals surface area contributed by atoms with Crippen molar-refractivity contribution in [2.75, 3.05) is 23.7 Å². The fraction of sp³-hybridized carbons (Fsp3) is 0.545. The number of piperidine rings is 2. The molecule has 0 spiro atoms. The summed E-state index contributed by atoms with van der Waals surface area (Å²) in [6.45, 7) is 5.33. The molecule has 10 heteroatoms. The van der Waals surface area contributed by atoms with Gasteiger partial charge in [-0.25, -0.2) is 4.98 Å². The Balaban J connectivity index is 1.28. The first-order valence-corrected chi connectivity index (χ1v) is 12.3. The number of hydrogen-bond acceptors (Lipinski definition) is 9. The standard InChI is InChI=1S/C22H30N8OS/c1-3-23-11-18(31)13-7-14-9-16(10-15(8-13)24-14)25-22-27-20(17-4-5-32-21(17)28-22)26-19-6-12(2)29-30-19/h4-6,13-16,23-24H,3,7-11H2,1-2H3,(H3,25,26,27,28,29,30)/t13?,14-,15+,16-. The van der Waals surface area contributed by atoms with Gasteiger partial charge in [0.25, 0.3) is 0 Å². The number of rotatable bonds is 8. The first-order chi connectivity index (χ1) is 15.6. The lowest BCUT2D eigenvalue weighted by Crippen LogP contribution is -2.55. The number of Topliss-reactive ketones (excluding diaryl/α,β-unsaturated/α-hetero) is 1. The lowest BCUT2D eigenvalue weighted by atomic mass is 9.76. The zero-order valence-corrected chi connectivity index (χ0v) is 19.3. The molecule has 5 rings (SSSR count). The average molecular weight is 455 g/mol. The summed E-state index contributed by atoms with van der Waals surface area (Å²) < 4.78 is 0. The highest BCUT2D eigenvalue weighted by Gasteiger charge is 2.38. The molecule has 9 nitrogen and oxygen atoms in total. The summed E-state index contributed by atoms with van der Waals surface area (Å²) in [5.41, 5.74) is 0.991. The fourth-order valence-corrected chi connectivity index (χ4v) is 5.70. The SMILES string of the molecule is CCNCC(=O)C1C[C@@H]2C[C@@H](Nc3nc(Nc4cc(C)[nH]n4)c4ccsc4n3)C[C@H](C1)N2. The monoisotopic (exact) mass is 454 g/mol. The van der Waals surface area contributed by atoms with Crippen molar-refractivity contribution in [3.05, 3.63) is 23.2 Å². The molecule has 0 saturated carbocycles. The zero-order chi connectivity index (χ0) is 22.1. The highest BCUT2D eigenvalue weighted by molar-refractivity contribution is 7.16. The van der Waals surface area contributed by atoms with Gasteiger partial charge in [0.1, 0.15) is 16.4 Å². The van der Waals surface area contributed by atoms with Crippen LogP contribution in [0.4, 0.5) is 17.6 Å². The van der Waals surface area contributed by atoms with Crippen molar-refractivity contribution in [1.29, 1.82) is 0 Å². The number of H-pyrrole nitrogens is 1. The fourth-order valence-electron chi connectivity index (χ4n) is 4.94. The largest absolute Gasteiger partial charge is 0.351 e. The number of anilines is 3. The summed E-state index contributed by atoms with van der Waals surface area (Å²) in [7, 11) is 0. The van der Waals surface area contributed by atoms with Crippen molar-refractivity contribution in [3.63, 3.8) is 0 Å². The van der Waals surface area contributed by atoms with Crippen LogP contribution in [0.3, 0.4) is 0 Å². The van der Waals surface area contributed by atoms with E-state index in [1.165, 1.54) is 0 Å². The molecule has 0 aliphatic carbocycles. The number of thiophene rings is 1. The first-order valence-electron chi connectivity index (χ1n) is 11.4. The van der Waals surface area contributed by atoms with Crippen LogP contribution in [0, 0.1) is 12.8 Å². The summed E-state index contributed by atoms with van der Waals surface area (Å²) in [4.78, 5) is 23.0. The minimum atomic E-state index is 0.165. The average Bonchev–Trinajstić information content (AvgIpc) is 3.40. The van der Waals surface area contributed by atoms with Gasteiger partial charge in [-0.1, -0.05) is 6.92 Å². The molecule has 3 aromatic rings. The lowest BCUT2D eigenvalue weighted by Gasteiger charge is -2.43. The number of hydrogen-bond donors (Lipinski definition) is 5. The number of fused-ring (bicyclic) bond motifs is 3. The van der Waals surface area contributed by atoms with Crippen molar-refractivity contribution in [3.8, 4) is 0 Å². The Morgan fingerprint density at radius 3 is 2.75 bits per heavy atom. The molecule has 5 heterocycles. The van der Waals surface area contributed by atoms with Crippen LogP contribution in [-0.4, -0.2) is 57.2 Å². The van der Waals surface area contributed by atoms with Crippen molar-refractivity contribution < 1.29 is 4.79 Å². The molecule has 32 heavy (non-hydrogen) atoms. The summed E-state index contributed by atoms with van der Waals surface area (Å²) in [6, 6.07) is 4.98. The molecule has 2 saturated heterocycles. The second-order valence-corrected chi connectivity index (χ2v) is 9.78. The Bertz CT molecular complexity index is 1080. The van der Waals surface area contributed by atoms with Crippen LogP contribution in [0.1, 0.15) is 38.3 Å². The molecule has 170 valence electrons. The van der Waals surface area contributed by atoms with E-state index < -0.39 is 0 Å². The Morgan fingerprint density at radius 2 is 2.03 bits per heavy atom. The Morgan fingerprint density at radius 1 is 1.22 bits per heavy atom. The molecule has 4 atom stereocenters. The quantitative estimate of drug-likeness (QED) is 0.352. The minimum absolute atomic E-state index is 0.165. The summed E-state index contributed by atoms with van der Waals surface area (Å²) >= 11 is 1.61. The normalized spacial score (nSPS) is 25.1. The van der Waals surface area contributed by atoms with E-state index in [0.29, 0.717) is 30.4 Å². The van der Waals surface area contributed by atoms with Crippen LogP contribution in [0.15, 0.2) is 17.5 Å². The van der Waals surface area contributed by atoms with Crippen molar-refractivity contribution in [2.45, 2.75) is 57.7 Å². The lowest BCUT2D eigenvalue weighted by molar-refractivity contribution is -0.123. The van der Waals surface area contributed by atoms with Crippen molar-refractivity contribution >= 4 is 44.9 Å². The van der Waals surface area contributed by atoms with E-state index in [4.69, 9.17) is 9.97 Å². The Hall–Kier alpha value is -2.56. The molecular weight excluding hydrogens is 424 g/mol. The van der Waals surface area contributed by atoms with Crippen LogP contribution < -0.4 is 21.3 Å². The highest BCUT2D eigenvalue weighted by atomic mass is 32.1. The molecule has 0 amide bonds. The van der Waals surface area contributed by atoms with Crippen molar-refractivity contribution in [2.24, 2.45) is 5.92 Å². The predicted octanol–water partition coefficient (Wildman–Crippen LogP) is 2.96. The maximum absolute atomic E-state index is 12.5. The van der Waals surface area contributed by atoms with Gasteiger partial charge in [-0.05, 0) is 50.6 Å². The van der Waals surface area contributed by atoms with E-state index >= 15 is 0 Å². The second-order valence-electron chi connectivity index (χ2n) is 8.88. The molecule has 5 N–H and O–H groups in total. The smallest absolute Gasteiger partial charge is 0.226 e. The molecule has 1 unspecified atom stereocenters. The molecule has 2 aliphatic rings. The van der Waals surface area contributed by atoms with Gasteiger partial charge >= 0.3 is 0 Å². The Labute approximate surface area is 191 Å². The first kappa shape index (κ1) is 21.3. The number of nitrogens with zero attached hydrogens (tertiary/aromatic N) is 3. The number of carbonyl (C=O) groups is 1. The van der Waals surface area contributed by atoms with E-state index in [1.807, 2.05) is 31.4 Å². The topological polar surface area (TPSA) is 120 Å². The van der Waals surface area contributed by atoms with E-state index in [0.717, 1.165) is 59.8 Å². The zero-order valence-electron chi connectivity index (χ0n) is 18.4. The second kappa shape index (κ2) is 9.13. The van der Waals surface area contributed by atoms with Gasteiger partial charge in [0.15, 0.2) is 5.82 Å². The number of nitrogens with one attached hydrogen (secondary N) is 5. The molecule has 0 aromatic carbocycles. The third-order valence-electron chi connectivity index (χ3n) is 6.36. The van der Waals surface area contributed by atoms with Gasteiger partial charge in [-0.2, -0.15) is 10.1 Å². The summed E-state index contributed by atoms with van der Waals surface area (Å²) in [5.74, 6) is 2.65. The van der Waals surface area contributed by atoms with Crippen LogP contribution in [-0.2, 0) is 4.79 Å². The van der Waals surface area contributed by atoms with Crippen LogP contribution in [0.5, 0.6) is 0 Å². The molecule has 3 aromatic heterocycles. The Kier molecular flexibility index (Phi) is 6.07. The van der Waals surface area contributed by atoms with E-state index in [9.17, 15) is 4.79 Å². The van der Waals surface area contributed by atoms with Gasteiger partial charge < -0.3 is 21.3 Å². The number of likely N-dealkylation sites (N-methyl/N-ethyl adjacent to an activating group) is 1. The van der Waals surface area contributed by atoms with E-state index in [1.54, 1.807) is 11.3 Å². The number of aryl methyl sites for hydroxylation is 1. The minimum Gasteiger partial charge on any atom is -0.351 e. The maximum Gasteiger partial charge on any atom is 0.226 e.